The fourth-order valence-corrected chi connectivity index (χ4v) is 7.25. The largest absolute Gasteiger partial charge is 0.381 e. The number of nitrogens with one attached hydrogen (secondary N) is 3. The van der Waals surface area contributed by atoms with Crippen molar-refractivity contribution in [3.8, 4) is 33.4 Å². The van der Waals surface area contributed by atoms with Crippen molar-refractivity contribution in [3.05, 3.63) is 216 Å². The maximum Gasteiger partial charge on any atom is 0.145 e. The Morgan fingerprint density at radius 3 is 1.94 bits per heavy atom. The number of dihydropyridines is 2. The predicted molar refractivity (Wildman–Crippen MR) is 217 cm³/mol. The van der Waals surface area contributed by atoms with Gasteiger partial charge < -0.3 is 16.0 Å². The number of rotatable bonds is 7. The molecule has 250 valence electrons. The van der Waals surface area contributed by atoms with Crippen LogP contribution in [0.2, 0.25) is 0 Å². The number of nitrogens with zero attached hydrogens (tertiary/aromatic N) is 1. The van der Waals surface area contributed by atoms with E-state index in [0.29, 0.717) is 0 Å². The van der Waals surface area contributed by atoms with E-state index in [9.17, 15) is 0 Å². The maximum atomic E-state index is 5.46. The molecule has 0 fully saturated rings. The van der Waals surface area contributed by atoms with Crippen LogP contribution in [0, 0.1) is 0 Å². The highest BCUT2D eigenvalue weighted by Crippen LogP contribution is 2.38. The van der Waals surface area contributed by atoms with Crippen molar-refractivity contribution in [1.29, 1.82) is 0 Å². The molecule has 6 aromatic carbocycles. The summed E-state index contributed by atoms with van der Waals surface area (Å²) in [6.45, 7) is 0.852. The molecular formula is C48H38N4. The van der Waals surface area contributed by atoms with Crippen LogP contribution in [0.25, 0.3) is 39.1 Å². The zero-order valence-corrected chi connectivity index (χ0v) is 28.7. The van der Waals surface area contributed by atoms with Crippen molar-refractivity contribution >= 4 is 17.1 Å². The molecule has 0 aliphatic carbocycles. The van der Waals surface area contributed by atoms with E-state index in [1.54, 1.807) is 0 Å². The smallest absolute Gasteiger partial charge is 0.145 e. The third-order valence-electron chi connectivity index (χ3n) is 9.95. The average Bonchev–Trinajstić information content (AvgIpc) is 3.24. The molecule has 0 aromatic heterocycles. The summed E-state index contributed by atoms with van der Waals surface area (Å²) in [5, 5.41) is 10.8. The van der Waals surface area contributed by atoms with Crippen molar-refractivity contribution in [1.82, 2.24) is 10.6 Å². The van der Waals surface area contributed by atoms with Crippen LogP contribution in [-0.4, -0.2) is 12.3 Å². The Labute approximate surface area is 305 Å². The Hall–Kier alpha value is -6.65. The number of allylic oxidation sites excluding steroid dienone is 4. The van der Waals surface area contributed by atoms with Gasteiger partial charge in [0, 0.05) is 29.1 Å². The van der Waals surface area contributed by atoms with E-state index in [-0.39, 0.29) is 12.2 Å². The number of fused-ring (bicyclic) bond motifs is 1. The molecular weight excluding hydrogens is 633 g/mol. The summed E-state index contributed by atoms with van der Waals surface area (Å²) in [5.74, 6) is 0. The molecule has 3 N–H and O–H groups in total. The molecule has 2 atom stereocenters. The van der Waals surface area contributed by atoms with E-state index < -0.39 is 0 Å². The molecule has 3 heterocycles. The maximum absolute atomic E-state index is 5.46. The van der Waals surface area contributed by atoms with E-state index in [1.807, 2.05) is 12.3 Å². The average molecular weight is 671 g/mol. The van der Waals surface area contributed by atoms with Crippen LogP contribution < -0.4 is 16.0 Å². The number of aliphatic imine (C=N–C) groups is 1. The Kier molecular flexibility index (Phi) is 8.40. The highest BCUT2D eigenvalue weighted by atomic mass is 15.1. The molecule has 2 unspecified atom stereocenters. The van der Waals surface area contributed by atoms with Crippen molar-refractivity contribution in [3.63, 3.8) is 0 Å². The van der Waals surface area contributed by atoms with Gasteiger partial charge in [0.2, 0.25) is 0 Å². The lowest BCUT2D eigenvalue weighted by Gasteiger charge is -2.28. The highest BCUT2D eigenvalue weighted by Gasteiger charge is 2.25. The van der Waals surface area contributed by atoms with Crippen molar-refractivity contribution in [2.24, 2.45) is 4.99 Å². The number of hydrogen-bond donors (Lipinski definition) is 3. The van der Waals surface area contributed by atoms with Crippen LogP contribution >= 0.6 is 0 Å². The molecule has 4 nitrogen and oxygen atoms in total. The second-order valence-electron chi connectivity index (χ2n) is 13.3. The van der Waals surface area contributed by atoms with E-state index in [4.69, 9.17) is 4.99 Å². The Morgan fingerprint density at radius 1 is 0.519 bits per heavy atom. The van der Waals surface area contributed by atoms with Gasteiger partial charge in [-0.05, 0) is 105 Å². The van der Waals surface area contributed by atoms with Gasteiger partial charge >= 0.3 is 0 Å². The first kappa shape index (κ1) is 31.3. The van der Waals surface area contributed by atoms with Crippen molar-refractivity contribution in [2.45, 2.75) is 12.2 Å². The fraction of sp³-hybridized carbons (Fsp3) is 0.0625. The van der Waals surface area contributed by atoms with Gasteiger partial charge in [-0.1, -0.05) is 133 Å². The Balaban J connectivity index is 1.10. The van der Waals surface area contributed by atoms with Gasteiger partial charge in [0.25, 0.3) is 0 Å². The first-order valence-electron chi connectivity index (χ1n) is 17.9. The Bertz CT molecular complexity index is 2400. The minimum absolute atomic E-state index is 0.0603. The van der Waals surface area contributed by atoms with E-state index in [0.717, 1.165) is 51.5 Å². The van der Waals surface area contributed by atoms with Gasteiger partial charge in [-0.2, -0.15) is 0 Å². The Morgan fingerprint density at radius 2 is 1.19 bits per heavy atom. The minimum Gasteiger partial charge on any atom is -0.381 e. The van der Waals surface area contributed by atoms with Gasteiger partial charge in [-0.15, -0.1) is 0 Å². The summed E-state index contributed by atoms with van der Waals surface area (Å²) < 4.78 is 0. The normalized spacial score (nSPS) is 17.2. The predicted octanol–water partition coefficient (Wildman–Crippen LogP) is 10.9. The molecule has 52 heavy (non-hydrogen) atoms. The zero-order valence-electron chi connectivity index (χ0n) is 28.7. The van der Waals surface area contributed by atoms with Crippen LogP contribution in [-0.2, 0) is 0 Å². The first-order valence-corrected chi connectivity index (χ1v) is 17.9. The van der Waals surface area contributed by atoms with E-state index in [1.165, 1.54) is 33.4 Å². The first-order chi connectivity index (χ1) is 25.7. The molecule has 0 saturated carbocycles. The molecule has 3 aliphatic rings. The van der Waals surface area contributed by atoms with Gasteiger partial charge in [0.15, 0.2) is 0 Å². The number of benzene rings is 6. The quantitative estimate of drug-likeness (QED) is 0.158. The van der Waals surface area contributed by atoms with Crippen LogP contribution in [0.3, 0.4) is 0 Å². The van der Waals surface area contributed by atoms with Crippen LogP contribution in [0.15, 0.2) is 193 Å². The summed E-state index contributed by atoms with van der Waals surface area (Å²) >= 11 is 0. The van der Waals surface area contributed by atoms with Crippen LogP contribution in [0.4, 0.5) is 5.69 Å². The molecule has 9 rings (SSSR count). The second kappa shape index (κ2) is 13.9. The third kappa shape index (κ3) is 6.38. The summed E-state index contributed by atoms with van der Waals surface area (Å²) in [7, 11) is 0. The molecule has 4 heteroatoms. The summed E-state index contributed by atoms with van der Waals surface area (Å²) in [6, 6.07) is 52.4. The molecule has 0 bridgehead atoms. The lowest BCUT2D eigenvalue weighted by molar-refractivity contribution is 0.740. The van der Waals surface area contributed by atoms with E-state index >= 15 is 0 Å². The number of anilines is 1. The molecule has 6 aromatic rings. The van der Waals surface area contributed by atoms with E-state index in [2.05, 4.69) is 192 Å². The molecule has 3 aliphatic heterocycles. The van der Waals surface area contributed by atoms with Gasteiger partial charge in [-0.3, -0.25) is 4.99 Å². The minimum atomic E-state index is -0.272. The molecule has 0 radical (unpaired) electrons. The molecule has 0 amide bonds. The SMILES string of the molecule is C1=CCNC(c2cccc(-c3ccc(-c4cc(C5C=CC=CN5)cc(C5N=C(c6ccccc6)c6cc(-c7ccccc7)ccc6N5)c4)cc3)c2)=C1. The lowest BCUT2D eigenvalue weighted by atomic mass is 9.91. The third-order valence-corrected chi connectivity index (χ3v) is 9.95. The van der Waals surface area contributed by atoms with Crippen LogP contribution in [0.5, 0.6) is 0 Å². The fourth-order valence-electron chi connectivity index (χ4n) is 7.25. The molecule has 0 spiro atoms. The van der Waals surface area contributed by atoms with Gasteiger partial charge in [0.1, 0.15) is 6.17 Å². The summed E-state index contributed by atoms with van der Waals surface area (Å²) in [6.07, 6.45) is 14.5. The second-order valence-corrected chi connectivity index (χ2v) is 13.3. The van der Waals surface area contributed by atoms with Gasteiger partial charge in [-0.25, -0.2) is 0 Å². The number of hydrogen-bond acceptors (Lipinski definition) is 4. The lowest BCUT2D eigenvalue weighted by Crippen LogP contribution is -2.21. The topological polar surface area (TPSA) is 48.5 Å². The highest BCUT2D eigenvalue weighted by molar-refractivity contribution is 6.17. The summed E-state index contributed by atoms with van der Waals surface area (Å²) in [4.78, 5) is 5.46. The zero-order chi connectivity index (χ0) is 34.7. The van der Waals surface area contributed by atoms with Crippen molar-refractivity contribution < 1.29 is 0 Å². The molecule has 0 saturated heterocycles. The summed E-state index contributed by atoms with van der Waals surface area (Å²) in [5.41, 5.74) is 16.0. The monoisotopic (exact) mass is 670 g/mol. The van der Waals surface area contributed by atoms with Crippen LogP contribution in [0.1, 0.15) is 40.0 Å². The van der Waals surface area contributed by atoms with Crippen molar-refractivity contribution in [2.75, 3.05) is 11.9 Å². The standard InChI is InChI=1S/C48H38N4/c1-3-12-33(13-4-1)38-24-25-46-43(32-38)47(36-14-5-2-6-15-36)52-48(51-46)42-30-40(29-41(31-42)45-19-8-10-27-50-45)35-22-20-34(21-23-35)37-16-11-17-39(28-37)44-18-7-9-26-49-44/h1-25,27-32,45,48-51H,26H2. The van der Waals surface area contributed by atoms with Gasteiger partial charge in [0.05, 0.1) is 11.8 Å².